The molecule has 1 N–H and O–H groups in total. The van der Waals surface area contributed by atoms with Gasteiger partial charge in [-0.2, -0.15) is 0 Å². The number of aliphatic hydroxyl groups is 1. The van der Waals surface area contributed by atoms with Gasteiger partial charge in [-0.3, -0.25) is 0 Å². The lowest BCUT2D eigenvalue weighted by atomic mass is 10.1. The summed E-state index contributed by atoms with van der Waals surface area (Å²) in [5, 5.41) is 8.73. The van der Waals surface area contributed by atoms with Crippen LogP contribution in [-0.4, -0.2) is 24.9 Å². The van der Waals surface area contributed by atoms with Crippen molar-refractivity contribution in [1.82, 2.24) is 0 Å². The number of hydrogen-bond acceptors (Lipinski definition) is 3. The van der Waals surface area contributed by atoms with Crippen molar-refractivity contribution in [3.63, 3.8) is 0 Å². The normalized spacial score (nSPS) is 14.0. The van der Waals surface area contributed by atoms with E-state index < -0.39 is 0 Å². The molecule has 1 aliphatic heterocycles. The van der Waals surface area contributed by atoms with E-state index in [1.165, 1.54) is 6.07 Å². The van der Waals surface area contributed by atoms with Crippen LogP contribution >= 0.6 is 0 Å². The highest BCUT2D eigenvalue weighted by Crippen LogP contribution is 2.35. The lowest BCUT2D eigenvalue weighted by molar-refractivity contribution is 0.168. The van der Waals surface area contributed by atoms with Gasteiger partial charge >= 0.3 is 0 Å². The van der Waals surface area contributed by atoms with Gasteiger partial charge in [0.25, 0.3) is 0 Å². The van der Waals surface area contributed by atoms with Crippen molar-refractivity contribution in [3.05, 3.63) is 23.5 Å². The second-order valence-corrected chi connectivity index (χ2v) is 3.38. The van der Waals surface area contributed by atoms with Crippen molar-refractivity contribution in [2.45, 2.75) is 12.8 Å². The summed E-state index contributed by atoms with van der Waals surface area (Å²) < 4.78 is 24.2. The van der Waals surface area contributed by atoms with Crippen LogP contribution in [0.15, 0.2) is 12.1 Å². The molecule has 0 fully saturated rings. The second kappa shape index (κ2) is 4.49. The monoisotopic (exact) mass is 212 g/mol. The fourth-order valence-corrected chi connectivity index (χ4v) is 1.64. The quantitative estimate of drug-likeness (QED) is 0.825. The average Bonchev–Trinajstić information content (AvgIpc) is 2.28. The number of ether oxygens (including phenoxy) is 2. The molecule has 0 aliphatic carbocycles. The summed E-state index contributed by atoms with van der Waals surface area (Å²) >= 11 is 0. The van der Waals surface area contributed by atoms with Crippen LogP contribution in [0.1, 0.15) is 12.0 Å². The molecule has 1 aliphatic rings. The SMILES string of the molecule is OCCCc1c(F)ccc2c1OCCO2. The zero-order valence-electron chi connectivity index (χ0n) is 8.33. The first-order valence-electron chi connectivity index (χ1n) is 5.01. The maximum atomic E-state index is 13.5. The summed E-state index contributed by atoms with van der Waals surface area (Å²) in [6.07, 6.45) is 0.992. The predicted octanol–water partition coefficient (Wildman–Crippen LogP) is 1.52. The Hall–Kier alpha value is -1.29. The highest BCUT2D eigenvalue weighted by molar-refractivity contribution is 5.48. The molecule has 1 aromatic carbocycles. The van der Waals surface area contributed by atoms with Gasteiger partial charge in [-0.1, -0.05) is 0 Å². The number of rotatable bonds is 3. The van der Waals surface area contributed by atoms with E-state index in [2.05, 4.69) is 0 Å². The summed E-state index contributed by atoms with van der Waals surface area (Å²) in [4.78, 5) is 0. The van der Waals surface area contributed by atoms with Gasteiger partial charge in [-0.25, -0.2) is 4.39 Å². The largest absolute Gasteiger partial charge is 0.486 e. The van der Waals surface area contributed by atoms with Gasteiger partial charge in [-0.05, 0) is 25.0 Å². The molecule has 0 bridgehead atoms. The lowest BCUT2D eigenvalue weighted by Crippen LogP contribution is -2.17. The predicted molar refractivity (Wildman–Crippen MR) is 52.8 cm³/mol. The molecule has 0 unspecified atom stereocenters. The molecular weight excluding hydrogens is 199 g/mol. The van der Waals surface area contributed by atoms with Crippen molar-refractivity contribution < 1.29 is 19.0 Å². The van der Waals surface area contributed by atoms with Crippen LogP contribution in [0.2, 0.25) is 0 Å². The van der Waals surface area contributed by atoms with E-state index in [0.717, 1.165) is 0 Å². The van der Waals surface area contributed by atoms with E-state index in [1.54, 1.807) is 6.07 Å². The Morgan fingerprint density at radius 2 is 2.07 bits per heavy atom. The number of benzene rings is 1. The van der Waals surface area contributed by atoms with Crippen molar-refractivity contribution in [2.75, 3.05) is 19.8 Å². The Morgan fingerprint density at radius 3 is 2.87 bits per heavy atom. The van der Waals surface area contributed by atoms with Gasteiger partial charge < -0.3 is 14.6 Å². The molecule has 82 valence electrons. The van der Waals surface area contributed by atoms with E-state index in [0.29, 0.717) is 43.1 Å². The minimum absolute atomic E-state index is 0.0456. The van der Waals surface area contributed by atoms with E-state index >= 15 is 0 Å². The van der Waals surface area contributed by atoms with E-state index in [1.807, 2.05) is 0 Å². The third-order valence-corrected chi connectivity index (χ3v) is 2.34. The van der Waals surface area contributed by atoms with Crippen LogP contribution in [0.25, 0.3) is 0 Å². The number of aliphatic hydroxyl groups excluding tert-OH is 1. The van der Waals surface area contributed by atoms with Crippen LogP contribution in [-0.2, 0) is 6.42 Å². The third kappa shape index (κ3) is 2.04. The summed E-state index contributed by atoms with van der Waals surface area (Å²) in [7, 11) is 0. The van der Waals surface area contributed by atoms with Crippen molar-refractivity contribution >= 4 is 0 Å². The molecule has 0 radical (unpaired) electrons. The van der Waals surface area contributed by atoms with Gasteiger partial charge in [0.15, 0.2) is 11.5 Å². The smallest absolute Gasteiger partial charge is 0.167 e. The first kappa shape index (κ1) is 10.2. The third-order valence-electron chi connectivity index (χ3n) is 2.34. The standard InChI is InChI=1S/C11H13FO3/c12-9-3-4-10-11(15-7-6-14-10)8(9)2-1-5-13/h3-4,13H,1-2,5-7H2. The summed E-state index contributed by atoms with van der Waals surface area (Å²) in [5.74, 6) is 0.790. The van der Waals surface area contributed by atoms with Crippen LogP contribution in [0.3, 0.4) is 0 Å². The maximum absolute atomic E-state index is 13.5. The fraction of sp³-hybridized carbons (Fsp3) is 0.455. The highest BCUT2D eigenvalue weighted by Gasteiger charge is 2.18. The minimum Gasteiger partial charge on any atom is -0.486 e. The molecule has 0 amide bonds. The first-order chi connectivity index (χ1) is 7.33. The fourth-order valence-electron chi connectivity index (χ4n) is 1.64. The van der Waals surface area contributed by atoms with Crippen molar-refractivity contribution in [3.8, 4) is 11.5 Å². The summed E-state index contributed by atoms with van der Waals surface area (Å²) in [5.41, 5.74) is 0.501. The molecule has 4 heteroatoms. The molecule has 3 nitrogen and oxygen atoms in total. The molecule has 1 heterocycles. The molecule has 0 saturated heterocycles. The zero-order chi connectivity index (χ0) is 10.7. The molecule has 0 aromatic heterocycles. The Morgan fingerprint density at radius 1 is 1.27 bits per heavy atom. The topological polar surface area (TPSA) is 38.7 Å². The van der Waals surface area contributed by atoms with Gasteiger partial charge in [-0.15, -0.1) is 0 Å². The van der Waals surface area contributed by atoms with E-state index in [9.17, 15) is 4.39 Å². The van der Waals surface area contributed by atoms with Crippen LogP contribution in [0.4, 0.5) is 4.39 Å². The number of hydrogen-bond donors (Lipinski definition) is 1. The van der Waals surface area contributed by atoms with Gasteiger partial charge in [0, 0.05) is 12.2 Å². The van der Waals surface area contributed by atoms with Crippen molar-refractivity contribution in [2.24, 2.45) is 0 Å². The van der Waals surface area contributed by atoms with E-state index in [-0.39, 0.29) is 12.4 Å². The molecule has 15 heavy (non-hydrogen) atoms. The molecule has 2 rings (SSSR count). The minimum atomic E-state index is -0.298. The highest BCUT2D eigenvalue weighted by atomic mass is 19.1. The second-order valence-electron chi connectivity index (χ2n) is 3.38. The maximum Gasteiger partial charge on any atom is 0.167 e. The molecule has 0 atom stereocenters. The average molecular weight is 212 g/mol. The number of fused-ring (bicyclic) bond motifs is 1. The van der Waals surface area contributed by atoms with Crippen molar-refractivity contribution in [1.29, 1.82) is 0 Å². The molecule has 1 aromatic rings. The zero-order valence-corrected chi connectivity index (χ0v) is 8.33. The van der Waals surface area contributed by atoms with Crippen LogP contribution in [0, 0.1) is 5.82 Å². The Labute approximate surface area is 87.4 Å². The van der Waals surface area contributed by atoms with Crippen LogP contribution < -0.4 is 9.47 Å². The number of halogens is 1. The Bertz CT molecular complexity index is 352. The molecule has 0 saturated carbocycles. The lowest BCUT2D eigenvalue weighted by Gasteiger charge is -2.21. The Balaban J connectivity index is 2.32. The van der Waals surface area contributed by atoms with Gasteiger partial charge in [0.2, 0.25) is 0 Å². The summed E-state index contributed by atoms with van der Waals surface area (Å²) in [6, 6.07) is 2.95. The first-order valence-corrected chi connectivity index (χ1v) is 5.01. The van der Waals surface area contributed by atoms with Gasteiger partial charge in [0.1, 0.15) is 19.0 Å². The van der Waals surface area contributed by atoms with Gasteiger partial charge in [0.05, 0.1) is 0 Å². The van der Waals surface area contributed by atoms with E-state index in [4.69, 9.17) is 14.6 Å². The Kier molecular flexibility index (Phi) is 3.06. The van der Waals surface area contributed by atoms with Crippen LogP contribution in [0.5, 0.6) is 11.5 Å². The summed E-state index contributed by atoms with van der Waals surface area (Å²) in [6.45, 7) is 0.991. The molecule has 0 spiro atoms. The molecular formula is C11H13FO3.